The van der Waals surface area contributed by atoms with Crippen LogP contribution in [0, 0.1) is 5.82 Å². The average Bonchev–Trinajstić information content (AvgIpc) is 2.89. The number of carbonyl (C=O) groups is 2. The zero-order chi connectivity index (χ0) is 28.2. The lowest BCUT2D eigenvalue weighted by molar-refractivity contribution is -0.274. The Balaban J connectivity index is 1.51. The van der Waals surface area contributed by atoms with Gasteiger partial charge in [-0.15, -0.1) is 13.2 Å². The van der Waals surface area contributed by atoms with Crippen LogP contribution in [0.3, 0.4) is 0 Å². The molecule has 2 heterocycles. The molecule has 2 N–H and O–H groups in total. The van der Waals surface area contributed by atoms with Gasteiger partial charge in [-0.2, -0.15) is 0 Å². The lowest BCUT2D eigenvalue weighted by Crippen LogP contribution is -2.47. The average molecular weight is 548 g/mol. The fourth-order valence-electron chi connectivity index (χ4n) is 4.07. The molecule has 1 aliphatic rings. The molecule has 39 heavy (non-hydrogen) atoms. The zero-order valence-electron chi connectivity index (χ0n) is 20.8. The molecule has 3 aromatic rings. The number of Topliss-reactive ketones (excluding diaryl/α,β-unsaturated/α-hetero) is 1. The number of pyridine rings is 1. The topological polar surface area (TPSA) is 101 Å². The monoisotopic (exact) mass is 547 g/mol. The number of aromatic nitrogens is 1. The van der Waals surface area contributed by atoms with Crippen molar-refractivity contribution in [3.05, 3.63) is 71.7 Å². The van der Waals surface area contributed by atoms with Gasteiger partial charge in [-0.25, -0.2) is 4.39 Å². The summed E-state index contributed by atoms with van der Waals surface area (Å²) in [5.41, 5.74) is 0.687. The molecule has 8 nitrogen and oxygen atoms in total. The first-order chi connectivity index (χ1) is 18.5. The molecule has 1 fully saturated rings. The molecule has 2 aromatic carbocycles. The minimum atomic E-state index is -5.01. The van der Waals surface area contributed by atoms with Crippen molar-refractivity contribution in [1.82, 2.24) is 9.88 Å². The number of nitrogens with one attached hydrogen (secondary N) is 1. The third kappa shape index (κ3) is 7.30. The molecule has 0 spiro atoms. The minimum Gasteiger partial charge on any atom is -0.508 e. The van der Waals surface area contributed by atoms with Crippen LogP contribution in [0.2, 0.25) is 0 Å². The number of ether oxygens (including phenoxy) is 2. The number of carbonyl (C=O) groups excluding carboxylic acids is 2. The van der Waals surface area contributed by atoms with Crippen molar-refractivity contribution in [3.8, 4) is 22.8 Å². The lowest BCUT2D eigenvalue weighted by Gasteiger charge is -2.31. The Kier molecular flexibility index (Phi) is 8.46. The summed E-state index contributed by atoms with van der Waals surface area (Å²) in [5, 5.41) is 11.8. The number of phenols is 1. The zero-order valence-corrected chi connectivity index (χ0v) is 20.8. The van der Waals surface area contributed by atoms with Crippen LogP contribution in [0.4, 0.5) is 23.2 Å². The predicted octanol–water partition coefficient (Wildman–Crippen LogP) is 4.58. The number of aromatic hydroxyl groups is 1. The Morgan fingerprint density at radius 2 is 1.87 bits per heavy atom. The van der Waals surface area contributed by atoms with Gasteiger partial charge in [0.05, 0.1) is 30.6 Å². The van der Waals surface area contributed by atoms with Gasteiger partial charge < -0.3 is 19.9 Å². The van der Waals surface area contributed by atoms with Crippen molar-refractivity contribution < 1.29 is 41.7 Å². The fourth-order valence-corrected chi connectivity index (χ4v) is 4.07. The van der Waals surface area contributed by atoms with E-state index in [-0.39, 0.29) is 34.7 Å². The van der Waals surface area contributed by atoms with Crippen LogP contribution in [0.5, 0.6) is 11.5 Å². The molecule has 1 amide bonds. The molecule has 0 aliphatic carbocycles. The van der Waals surface area contributed by atoms with E-state index in [4.69, 9.17) is 4.74 Å². The largest absolute Gasteiger partial charge is 0.573 e. The van der Waals surface area contributed by atoms with Gasteiger partial charge in [0.1, 0.15) is 11.6 Å². The van der Waals surface area contributed by atoms with Gasteiger partial charge >= 0.3 is 6.36 Å². The van der Waals surface area contributed by atoms with Gasteiger partial charge in [0, 0.05) is 42.9 Å². The second-order valence-corrected chi connectivity index (χ2v) is 8.89. The second kappa shape index (κ2) is 11.8. The van der Waals surface area contributed by atoms with Crippen LogP contribution < -0.4 is 10.1 Å². The van der Waals surface area contributed by atoms with E-state index in [2.05, 4.69) is 15.0 Å². The van der Waals surface area contributed by atoms with Crippen molar-refractivity contribution in [3.63, 3.8) is 0 Å². The number of hydrogen-bond donors (Lipinski definition) is 2. The number of rotatable bonds is 8. The summed E-state index contributed by atoms with van der Waals surface area (Å²) in [7, 11) is 0. The number of morpholine rings is 1. The van der Waals surface area contributed by atoms with Crippen LogP contribution in [-0.4, -0.2) is 65.4 Å². The van der Waals surface area contributed by atoms with E-state index in [1.165, 1.54) is 30.5 Å². The first-order valence-corrected chi connectivity index (χ1v) is 12.0. The molecule has 4 rings (SSSR count). The van der Waals surface area contributed by atoms with Crippen LogP contribution in [0.1, 0.15) is 22.8 Å². The number of benzene rings is 2. The van der Waals surface area contributed by atoms with E-state index in [9.17, 15) is 32.3 Å². The van der Waals surface area contributed by atoms with Crippen molar-refractivity contribution in [2.24, 2.45) is 0 Å². The minimum absolute atomic E-state index is 0.0486. The van der Waals surface area contributed by atoms with Crippen molar-refractivity contribution >= 4 is 17.4 Å². The van der Waals surface area contributed by atoms with Gasteiger partial charge in [0.2, 0.25) is 5.91 Å². The van der Waals surface area contributed by atoms with Crippen LogP contribution >= 0.6 is 0 Å². The summed E-state index contributed by atoms with van der Waals surface area (Å²) in [6.45, 7) is 3.48. The summed E-state index contributed by atoms with van der Waals surface area (Å²) in [5.74, 6) is -2.55. The number of hydrogen-bond acceptors (Lipinski definition) is 7. The molecule has 0 saturated carbocycles. The maximum absolute atomic E-state index is 14.1. The lowest BCUT2D eigenvalue weighted by atomic mass is 10.0. The number of phenolic OH excluding ortho intramolecular Hbond substituents is 1. The summed E-state index contributed by atoms with van der Waals surface area (Å²) < 4.78 is 62.4. The van der Waals surface area contributed by atoms with Gasteiger partial charge in [-0.05, 0) is 48.9 Å². The Labute approximate surface area is 221 Å². The third-order valence-electron chi connectivity index (χ3n) is 6.18. The molecule has 1 saturated heterocycles. The molecular formula is C27H25F4N3O5. The summed E-state index contributed by atoms with van der Waals surface area (Å²) >= 11 is 0. The Morgan fingerprint density at radius 1 is 1.13 bits per heavy atom. The highest BCUT2D eigenvalue weighted by Gasteiger charge is 2.33. The normalized spacial score (nSPS) is 15.0. The number of ketones is 1. The molecule has 0 bridgehead atoms. The van der Waals surface area contributed by atoms with E-state index in [1.54, 1.807) is 13.0 Å². The highest BCUT2D eigenvalue weighted by molar-refractivity contribution is 6.01. The van der Waals surface area contributed by atoms with Gasteiger partial charge in [-0.1, -0.05) is 6.07 Å². The van der Waals surface area contributed by atoms with E-state index < -0.39 is 35.7 Å². The van der Waals surface area contributed by atoms with Crippen molar-refractivity contribution in [2.45, 2.75) is 25.7 Å². The highest BCUT2D eigenvalue weighted by Crippen LogP contribution is 2.32. The first kappa shape index (κ1) is 28.0. The number of anilines is 1. The van der Waals surface area contributed by atoms with Crippen molar-refractivity contribution in [1.29, 1.82) is 0 Å². The Hall–Kier alpha value is -4.03. The fraction of sp³-hybridized carbons (Fsp3) is 0.296. The Morgan fingerprint density at radius 3 is 2.51 bits per heavy atom. The van der Waals surface area contributed by atoms with Gasteiger partial charge in [0.25, 0.3) is 0 Å². The molecule has 0 radical (unpaired) electrons. The Bertz CT molecular complexity index is 1340. The smallest absolute Gasteiger partial charge is 0.508 e. The molecule has 1 unspecified atom stereocenters. The molecule has 12 heteroatoms. The molecule has 1 aromatic heterocycles. The van der Waals surface area contributed by atoms with Gasteiger partial charge in [-0.3, -0.25) is 19.5 Å². The maximum Gasteiger partial charge on any atom is 0.573 e. The van der Waals surface area contributed by atoms with E-state index in [0.29, 0.717) is 31.9 Å². The molecule has 206 valence electrons. The number of nitrogens with zero attached hydrogens (tertiary/aromatic N) is 2. The molecular weight excluding hydrogens is 522 g/mol. The molecule has 1 aliphatic heterocycles. The van der Waals surface area contributed by atoms with Gasteiger partial charge in [0.15, 0.2) is 11.5 Å². The van der Waals surface area contributed by atoms with E-state index in [1.807, 2.05) is 4.90 Å². The van der Waals surface area contributed by atoms with Crippen LogP contribution in [0.15, 0.2) is 54.7 Å². The summed E-state index contributed by atoms with van der Waals surface area (Å²) in [6.07, 6.45) is -3.78. The number of alkyl halides is 3. The highest BCUT2D eigenvalue weighted by atomic mass is 19.4. The standard InChI is InChI=1S/C27H25F4N3O5/c1-16(34-8-10-38-11-9-34)26(37)33-23-13-18(3-7-25(23)39-27(29,30)31)24(36)12-17-2-6-22(32-15-17)20-5-4-19(35)14-21(20)28/h2-7,13-16,35H,8-12H2,1H3,(H,33,37). The first-order valence-electron chi connectivity index (χ1n) is 12.0. The predicted molar refractivity (Wildman–Crippen MR) is 133 cm³/mol. The van der Waals surface area contributed by atoms with Crippen LogP contribution in [-0.2, 0) is 16.0 Å². The van der Waals surface area contributed by atoms with E-state index in [0.717, 1.165) is 18.2 Å². The number of amides is 1. The maximum atomic E-state index is 14.1. The third-order valence-corrected chi connectivity index (χ3v) is 6.18. The second-order valence-electron chi connectivity index (χ2n) is 8.89. The SMILES string of the molecule is CC(C(=O)Nc1cc(C(=O)Cc2ccc(-c3ccc(O)cc3F)nc2)ccc1OC(F)(F)F)N1CCOCC1. The van der Waals surface area contributed by atoms with Crippen molar-refractivity contribution in [2.75, 3.05) is 31.6 Å². The van der Waals surface area contributed by atoms with Crippen LogP contribution in [0.25, 0.3) is 11.3 Å². The van der Waals surface area contributed by atoms with E-state index >= 15 is 0 Å². The molecule has 1 atom stereocenters. The quantitative estimate of drug-likeness (QED) is 0.315. The summed E-state index contributed by atoms with van der Waals surface area (Å²) in [4.78, 5) is 31.8. The number of halogens is 4. The summed E-state index contributed by atoms with van der Waals surface area (Å²) in [6, 6.07) is 9.37.